The highest BCUT2D eigenvalue weighted by molar-refractivity contribution is 7.22. The lowest BCUT2D eigenvalue weighted by molar-refractivity contribution is -0.117. The van der Waals surface area contributed by atoms with Crippen molar-refractivity contribution in [2.24, 2.45) is 11.8 Å². The minimum absolute atomic E-state index is 0.00308. The third kappa shape index (κ3) is 3.16. The topological polar surface area (TPSA) is 71.2 Å². The van der Waals surface area contributed by atoms with Gasteiger partial charge in [-0.3, -0.25) is 9.69 Å². The zero-order valence-electron chi connectivity index (χ0n) is 12.3. The molecule has 0 bridgehead atoms. The summed E-state index contributed by atoms with van der Waals surface area (Å²) in [4.78, 5) is 18.7. The third-order valence-electron chi connectivity index (χ3n) is 4.09. The van der Waals surface area contributed by atoms with E-state index in [1.54, 1.807) is 0 Å². The monoisotopic (exact) mass is 304 g/mol. The summed E-state index contributed by atoms with van der Waals surface area (Å²) in [6.45, 7) is 6.89. The number of aromatic nitrogens is 1. The van der Waals surface area contributed by atoms with Crippen LogP contribution in [-0.4, -0.2) is 35.4 Å². The lowest BCUT2D eigenvalue weighted by atomic mass is 10.0. The van der Waals surface area contributed by atoms with Crippen molar-refractivity contribution in [2.75, 3.05) is 30.7 Å². The minimum atomic E-state index is 0.00308. The summed E-state index contributed by atoms with van der Waals surface area (Å²) >= 11 is 1.46. The molecule has 3 N–H and O–H groups in total. The van der Waals surface area contributed by atoms with Gasteiger partial charge in [-0.2, -0.15) is 0 Å². The van der Waals surface area contributed by atoms with E-state index < -0.39 is 0 Å². The van der Waals surface area contributed by atoms with Gasteiger partial charge in [0.1, 0.15) is 0 Å². The number of likely N-dealkylation sites (tertiary alicyclic amines) is 1. The van der Waals surface area contributed by atoms with Gasteiger partial charge in [-0.05, 0) is 30.0 Å². The van der Waals surface area contributed by atoms with Gasteiger partial charge in [0.25, 0.3) is 0 Å². The zero-order valence-corrected chi connectivity index (χ0v) is 13.1. The van der Waals surface area contributed by atoms with Crippen molar-refractivity contribution < 1.29 is 4.79 Å². The van der Waals surface area contributed by atoms with E-state index in [4.69, 9.17) is 5.73 Å². The van der Waals surface area contributed by atoms with Gasteiger partial charge in [0.2, 0.25) is 5.91 Å². The molecule has 1 saturated heterocycles. The molecule has 2 aromatic rings. The van der Waals surface area contributed by atoms with Crippen LogP contribution in [0.5, 0.6) is 0 Å². The predicted molar refractivity (Wildman–Crippen MR) is 87.4 cm³/mol. The number of nitrogens with one attached hydrogen (secondary N) is 1. The van der Waals surface area contributed by atoms with Crippen molar-refractivity contribution in [3.8, 4) is 0 Å². The summed E-state index contributed by atoms with van der Waals surface area (Å²) in [7, 11) is 0. The van der Waals surface area contributed by atoms with E-state index in [-0.39, 0.29) is 5.91 Å². The smallest absolute Gasteiger partial charge is 0.240 e. The van der Waals surface area contributed by atoms with E-state index in [0.717, 1.165) is 23.3 Å². The molecule has 112 valence electrons. The Hall–Kier alpha value is -1.66. The molecular formula is C15H20N4OS. The minimum Gasteiger partial charge on any atom is -0.399 e. The van der Waals surface area contributed by atoms with Crippen LogP contribution < -0.4 is 11.1 Å². The van der Waals surface area contributed by atoms with Gasteiger partial charge in [0, 0.05) is 18.8 Å². The number of hydrogen-bond donors (Lipinski definition) is 2. The molecule has 1 amide bonds. The molecule has 3 rings (SSSR count). The van der Waals surface area contributed by atoms with E-state index in [9.17, 15) is 4.79 Å². The Balaban J connectivity index is 1.63. The average Bonchev–Trinajstić information content (AvgIpc) is 2.92. The van der Waals surface area contributed by atoms with E-state index in [1.807, 2.05) is 18.2 Å². The van der Waals surface area contributed by atoms with E-state index >= 15 is 0 Å². The van der Waals surface area contributed by atoms with Crippen molar-refractivity contribution in [1.29, 1.82) is 0 Å². The molecule has 2 atom stereocenters. The van der Waals surface area contributed by atoms with Crippen LogP contribution in [0.15, 0.2) is 18.2 Å². The first-order chi connectivity index (χ1) is 10.0. The average molecular weight is 304 g/mol. The number of benzene rings is 1. The first-order valence-corrected chi connectivity index (χ1v) is 8.01. The molecular weight excluding hydrogens is 284 g/mol. The van der Waals surface area contributed by atoms with Crippen molar-refractivity contribution in [1.82, 2.24) is 9.88 Å². The summed E-state index contributed by atoms with van der Waals surface area (Å²) in [5.41, 5.74) is 7.33. The van der Waals surface area contributed by atoms with Crippen LogP contribution in [0.2, 0.25) is 0 Å². The molecule has 0 aliphatic carbocycles. The number of anilines is 2. The van der Waals surface area contributed by atoms with E-state index in [1.165, 1.54) is 11.3 Å². The summed E-state index contributed by atoms with van der Waals surface area (Å²) in [6, 6.07) is 5.58. The Morgan fingerprint density at radius 1 is 1.43 bits per heavy atom. The molecule has 1 aromatic heterocycles. The largest absolute Gasteiger partial charge is 0.399 e. The predicted octanol–water partition coefficient (Wildman–Crippen LogP) is 2.40. The maximum atomic E-state index is 12.1. The number of carbonyl (C=O) groups is 1. The lowest BCUT2D eigenvalue weighted by Crippen LogP contribution is -2.31. The fourth-order valence-corrected chi connectivity index (χ4v) is 3.67. The van der Waals surface area contributed by atoms with Crippen molar-refractivity contribution in [3.05, 3.63) is 18.2 Å². The Morgan fingerprint density at radius 3 is 2.86 bits per heavy atom. The molecule has 0 spiro atoms. The number of hydrogen-bond acceptors (Lipinski definition) is 5. The number of rotatable bonds is 3. The maximum absolute atomic E-state index is 12.1. The quantitative estimate of drug-likeness (QED) is 0.854. The lowest BCUT2D eigenvalue weighted by Gasteiger charge is -2.13. The molecule has 5 nitrogen and oxygen atoms in total. The van der Waals surface area contributed by atoms with Crippen molar-refractivity contribution >= 4 is 38.3 Å². The number of nitrogens with zero attached hydrogens (tertiary/aromatic N) is 2. The van der Waals surface area contributed by atoms with Crippen LogP contribution in [0.4, 0.5) is 10.8 Å². The van der Waals surface area contributed by atoms with Crippen molar-refractivity contribution in [3.63, 3.8) is 0 Å². The van der Waals surface area contributed by atoms with Crippen LogP contribution in [-0.2, 0) is 4.79 Å². The molecule has 6 heteroatoms. The second-order valence-corrected chi connectivity index (χ2v) is 6.97. The maximum Gasteiger partial charge on any atom is 0.240 e. The van der Waals surface area contributed by atoms with Gasteiger partial charge >= 0.3 is 0 Å². The number of carbonyl (C=O) groups excluding carboxylic acids is 1. The van der Waals surface area contributed by atoms with Gasteiger partial charge in [0.05, 0.1) is 16.8 Å². The van der Waals surface area contributed by atoms with Crippen LogP contribution in [0.3, 0.4) is 0 Å². The number of thiazole rings is 1. The van der Waals surface area contributed by atoms with E-state index in [0.29, 0.717) is 29.2 Å². The molecule has 1 aliphatic heterocycles. The van der Waals surface area contributed by atoms with Gasteiger partial charge in [0.15, 0.2) is 5.13 Å². The second kappa shape index (κ2) is 5.61. The number of nitrogens with two attached hydrogens (primary N) is 1. The number of amides is 1. The summed E-state index contributed by atoms with van der Waals surface area (Å²) in [5, 5.41) is 3.53. The summed E-state index contributed by atoms with van der Waals surface area (Å²) in [5.74, 6) is 1.31. The molecule has 1 aromatic carbocycles. The summed E-state index contributed by atoms with van der Waals surface area (Å²) < 4.78 is 0.994. The van der Waals surface area contributed by atoms with Gasteiger partial charge < -0.3 is 11.1 Å². The SMILES string of the molecule is CC1CN(CC(=O)Nc2nc3ccc(N)cc3s2)CC1C. The Morgan fingerprint density at radius 2 is 2.14 bits per heavy atom. The normalized spacial score (nSPS) is 22.8. The second-order valence-electron chi connectivity index (χ2n) is 5.94. The third-order valence-corrected chi connectivity index (χ3v) is 5.02. The molecule has 1 fully saturated rings. The molecule has 0 radical (unpaired) electrons. The van der Waals surface area contributed by atoms with Crippen molar-refractivity contribution in [2.45, 2.75) is 13.8 Å². The molecule has 0 saturated carbocycles. The first-order valence-electron chi connectivity index (χ1n) is 7.19. The standard InChI is InChI=1S/C15H20N4OS/c1-9-6-19(7-10(9)2)8-14(20)18-15-17-12-4-3-11(16)5-13(12)21-15/h3-5,9-10H,6-8,16H2,1-2H3,(H,17,18,20). The number of nitrogen functional groups attached to an aromatic ring is 1. The highest BCUT2D eigenvalue weighted by Crippen LogP contribution is 2.27. The van der Waals surface area contributed by atoms with Gasteiger partial charge in [-0.15, -0.1) is 0 Å². The fraction of sp³-hybridized carbons (Fsp3) is 0.467. The van der Waals surface area contributed by atoms with Crippen LogP contribution in [0, 0.1) is 11.8 Å². The molecule has 1 aliphatic rings. The van der Waals surface area contributed by atoms with Crippen LogP contribution in [0.25, 0.3) is 10.2 Å². The zero-order chi connectivity index (χ0) is 15.0. The molecule has 21 heavy (non-hydrogen) atoms. The van der Waals surface area contributed by atoms with Gasteiger partial charge in [-0.1, -0.05) is 25.2 Å². The number of fused-ring (bicyclic) bond motifs is 1. The highest BCUT2D eigenvalue weighted by Gasteiger charge is 2.27. The van der Waals surface area contributed by atoms with Crippen LogP contribution >= 0.6 is 11.3 Å². The Kier molecular flexibility index (Phi) is 3.82. The first kappa shape index (κ1) is 14.3. The molecule has 2 heterocycles. The Labute approximate surface area is 128 Å². The Bertz CT molecular complexity index is 659. The van der Waals surface area contributed by atoms with E-state index in [2.05, 4.69) is 29.0 Å². The summed E-state index contributed by atoms with van der Waals surface area (Å²) in [6.07, 6.45) is 0. The molecule has 2 unspecified atom stereocenters. The van der Waals surface area contributed by atoms with Gasteiger partial charge in [-0.25, -0.2) is 4.98 Å². The highest BCUT2D eigenvalue weighted by atomic mass is 32.1. The fourth-order valence-electron chi connectivity index (χ4n) is 2.73. The van der Waals surface area contributed by atoms with Crippen LogP contribution in [0.1, 0.15) is 13.8 Å².